The number of benzene rings is 1. The first-order chi connectivity index (χ1) is 8.75. The third-order valence-electron chi connectivity index (χ3n) is 2.91. The molecule has 0 aromatic heterocycles. The Morgan fingerprint density at radius 1 is 1.28 bits per heavy atom. The predicted octanol–water partition coefficient (Wildman–Crippen LogP) is 2.11. The van der Waals surface area contributed by atoms with Crippen LogP contribution in [0.4, 0.5) is 8.78 Å². The summed E-state index contributed by atoms with van der Waals surface area (Å²) in [4.78, 5) is 0. The van der Waals surface area contributed by atoms with Gasteiger partial charge in [0.2, 0.25) is 0 Å². The van der Waals surface area contributed by atoms with E-state index in [4.69, 9.17) is 9.47 Å². The number of ether oxygens (including phenoxy) is 2. The lowest BCUT2D eigenvalue weighted by Crippen LogP contribution is -2.37. The highest BCUT2D eigenvalue weighted by Gasteiger charge is 2.12. The summed E-state index contributed by atoms with van der Waals surface area (Å²) in [5, 5.41) is 3.30. The minimum absolute atomic E-state index is 0.0382. The van der Waals surface area contributed by atoms with Gasteiger partial charge in [-0.3, -0.25) is 0 Å². The second kappa shape index (κ2) is 6.66. The van der Waals surface area contributed by atoms with Gasteiger partial charge in [0.05, 0.1) is 0 Å². The quantitative estimate of drug-likeness (QED) is 0.820. The van der Waals surface area contributed by atoms with Gasteiger partial charge in [0.25, 0.3) is 0 Å². The first-order valence-corrected chi connectivity index (χ1v) is 6.14. The molecule has 1 aromatic rings. The van der Waals surface area contributed by atoms with Crippen LogP contribution in [0.3, 0.4) is 0 Å². The van der Waals surface area contributed by atoms with Crippen molar-refractivity contribution < 1.29 is 18.3 Å². The van der Waals surface area contributed by atoms with E-state index in [0.29, 0.717) is 19.2 Å². The largest absolute Gasteiger partial charge is 0.489 e. The molecule has 1 aliphatic rings. The molecular formula is C13H17F2NO2. The van der Waals surface area contributed by atoms with Gasteiger partial charge >= 0.3 is 0 Å². The van der Waals surface area contributed by atoms with Gasteiger partial charge in [-0.15, -0.1) is 0 Å². The lowest BCUT2D eigenvalue weighted by Gasteiger charge is -2.23. The highest BCUT2D eigenvalue weighted by molar-refractivity contribution is 5.24. The Morgan fingerprint density at radius 3 is 2.83 bits per heavy atom. The first kappa shape index (κ1) is 13.2. The zero-order valence-corrected chi connectivity index (χ0v) is 10.1. The number of hydrogen-bond donors (Lipinski definition) is 1. The van der Waals surface area contributed by atoms with Crippen LogP contribution in [0.2, 0.25) is 0 Å². The van der Waals surface area contributed by atoms with Crippen molar-refractivity contribution in [3.8, 4) is 5.75 Å². The first-order valence-electron chi connectivity index (χ1n) is 6.14. The van der Waals surface area contributed by atoms with Crippen molar-refractivity contribution in [2.45, 2.75) is 18.9 Å². The Bertz CT molecular complexity index is 381. The summed E-state index contributed by atoms with van der Waals surface area (Å²) in [6.07, 6.45) is 1.96. The maximum absolute atomic E-state index is 13.2. The Balaban J connectivity index is 1.69. The van der Waals surface area contributed by atoms with E-state index in [2.05, 4.69) is 5.32 Å². The Kier molecular flexibility index (Phi) is 4.90. The predicted molar refractivity (Wildman–Crippen MR) is 63.7 cm³/mol. The maximum Gasteiger partial charge on any atom is 0.165 e. The van der Waals surface area contributed by atoms with E-state index in [1.54, 1.807) is 0 Å². The second-order valence-corrected chi connectivity index (χ2v) is 4.26. The summed E-state index contributed by atoms with van der Waals surface area (Å²) in [5.41, 5.74) is 0. The monoisotopic (exact) mass is 257 g/mol. The molecule has 0 atom stereocenters. The van der Waals surface area contributed by atoms with E-state index < -0.39 is 11.6 Å². The molecule has 18 heavy (non-hydrogen) atoms. The van der Waals surface area contributed by atoms with E-state index in [1.165, 1.54) is 0 Å². The van der Waals surface area contributed by atoms with Crippen LogP contribution in [0.15, 0.2) is 18.2 Å². The molecule has 2 rings (SSSR count). The highest BCUT2D eigenvalue weighted by Crippen LogP contribution is 2.17. The average molecular weight is 257 g/mol. The van der Waals surface area contributed by atoms with Crippen molar-refractivity contribution in [1.29, 1.82) is 0 Å². The molecule has 100 valence electrons. The lowest BCUT2D eigenvalue weighted by atomic mass is 10.1. The fourth-order valence-electron chi connectivity index (χ4n) is 1.91. The molecule has 0 amide bonds. The van der Waals surface area contributed by atoms with Gasteiger partial charge < -0.3 is 14.8 Å². The molecule has 0 aliphatic carbocycles. The smallest absolute Gasteiger partial charge is 0.165 e. The fraction of sp³-hybridized carbons (Fsp3) is 0.538. The fourth-order valence-corrected chi connectivity index (χ4v) is 1.91. The summed E-state index contributed by atoms with van der Waals surface area (Å²) in [7, 11) is 0. The van der Waals surface area contributed by atoms with Gasteiger partial charge in [-0.25, -0.2) is 8.78 Å². The van der Waals surface area contributed by atoms with Crippen LogP contribution < -0.4 is 10.1 Å². The third kappa shape index (κ3) is 3.92. The van der Waals surface area contributed by atoms with Crippen LogP contribution in [-0.4, -0.2) is 32.4 Å². The third-order valence-corrected chi connectivity index (χ3v) is 2.91. The van der Waals surface area contributed by atoms with E-state index in [1.807, 2.05) is 0 Å². The SMILES string of the molecule is Fc1ccc(F)c(OCCNC2CCOCC2)c1. The van der Waals surface area contributed by atoms with E-state index >= 15 is 0 Å². The van der Waals surface area contributed by atoms with Gasteiger partial charge in [0, 0.05) is 31.9 Å². The molecule has 0 unspecified atom stereocenters. The molecule has 1 saturated heterocycles. The van der Waals surface area contributed by atoms with Crippen molar-refractivity contribution >= 4 is 0 Å². The normalized spacial score (nSPS) is 16.8. The van der Waals surface area contributed by atoms with Crippen LogP contribution in [0, 0.1) is 11.6 Å². The summed E-state index contributed by atoms with van der Waals surface area (Å²) >= 11 is 0. The summed E-state index contributed by atoms with van der Waals surface area (Å²) in [5.74, 6) is -1.07. The Labute approximate surface area is 105 Å². The van der Waals surface area contributed by atoms with Crippen molar-refractivity contribution in [2.75, 3.05) is 26.4 Å². The van der Waals surface area contributed by atoms with Crippen LogP contribution in [0.25, 0.3) is 0 Å². The average Bonchev–Trinajstić information content (AvgIpc) is 2.40. The molecule has 0 saturated carbocycles. The molecular weight excluding hydrogens is 240 g/mol. The number of halogens is 2. The Morgan fingerprint density at radius 2 is 2.06 bits per heavy atom. The van der Waals surface area contributed by atoms with E-state index in [9.17, 15) is 8.78 Å². The van der Waals surface area contributed by atoms with E-state index in [0.717, 1.165) is 44.3 Å². The van der Waals surface area contributed by atoms with Crippen LogP contribution in [0.5, 0.6) is 5.75 Å². The molecule has 0 radical (unpaired) electrons. The minimum Gasteiger partial charge on any atom is -0.489 e. The molecule has 1 fully saturated rings. The van der Waals surface area contributed by atoms with Gasteiger partial charge in [-0.2, -0.15) is 0 Å². The summed E-state index contributed by atoms with van der Waals surface area (Å²) < 4.78 is 36.5. The molecule has 5 heteroatoms. The molecule has 3 nitrogen and oxygen atoms in total. The summed E-state index contributed by atoms with van der Waals surface area (Å²) in [6.45, 7) is 2.48. The van der Waals surface area contributed by atoms with Gasteiger partial charge in [0.1, 0.15) is 12.4 Å². The van der Waals surface area contributed by atoms with Gasteiger partial charge in [-0.05, 0) is 25.0 Å². The van der Waals surface area contributed by atoms with Crippen molar-refractivity contribution in [3.63, 3.8) is 0 Å². The van der Waals surface area contributed by atoms with Gasteiger partial charge in [0.15, 0.2) is 11.6 Å². The topological polar surface area (TPSA) is 30.5 Å². The molecule has 1 N–H and O–H groups in total. The number of nitrogens with one attached hydrogen (secondary N) is 1. The van der Waals surface area contributed by atoms with E-state index in [-0.39, 0.29) is 5.75 Å². The maximum atomic E-state index is 13.2. The standard InChI is InChI=1S/C13H17F2NO2/c14-10-1-2-12(15)13(9-10)18-8-5-16-11-3-6-17-7-4-11/h1-2,9,11,16H,3-8H2. The zero-order chi connectivity index (χ0) is 12.8. The minimum atomic E-state index is -0.539. The number of rotatable bonds is 5. The molecule has 1 heterocycles. The van der Waals surface area contributed by atoms with Crippen molar-refractivity contribution in [2.24, 2.45) is 0 Å². The second-order valence-electron chi connectivity index (χ2n) is 4.26. The summed E-state index contributed by atoms with van der Waals surface area (Å²) in [6, 6.07) is 3.63. The van der Waals surface area contributed by atoms with Crippen molar-refractivity contribution in [1.82, 2.24) is 5.32 Å². The zero-order valence-electron chi connectivity index (χ0n) is 10.1. The van der Waals surface area contributed by atoms with Gasteiger partial charge in [-0.1, -0.05) is 0 Å². The van der Waals surface area contributed by atoms with Crippen LogP contribution in [0.1, 0.15) is 12.8 Å². The lowest BCUT2D eigenvalue weighted by molar-refractivity contribution is 0.0770. The van der Waals surface area contributed by atoms with Crippen LogP contribution in [-0.2, 0) is 4.74 Å². The van der Waals surface area contributed by atoms with Crippen LogP contribution >= 0.6 is 0 Å². The molecule has 0 spiro atoms. The van der Waals surface area contributed by atoms with Crippen molar-refractivity contribution in [3.05, 3.63) is 29.8 Å². The molecule has 1 aliphatic heterocycles. The number of hydrogen-bond acceptors (Lipinski definition) is 3. The molecule has 1 aromatic carbocycles. The molecule has 0 bridgehead atoms. The highest BCUT2D eigenvalue weighted by atomic mass is 19.1. The Hall–Kier alpha value is -1.20.